The van der Waals surface area contributed by atoms with Crippen LogP contribution in [0.5, 0.6) is 0 Å². The predicted octanol–water partition coefficient (Wildman–Crippen LogP) is 3.82. The van der Waals surface area contributed by atoms with E-state index in [1.54, 1.807) is 74.1 Å². The van der Waals surface area contributed by atoms with E-state index < -0.39 is 4.92 Å². The Kier molecular flexibility index (Phi) is 6.89. The number of halogens is 1. The van der Waals surface area contributed by atoms with Gasteiger partial charge in [-0.15, -0.1) is 0 Å². The number of nitrogens with zero attached hydrogens (tertiary/aromatic N) is 4. The van der Waals surface area contributed by atoms with Crippen molar-refractivity contribution in [2.45, 2.75) is 20.4 Å². The van der Waals surface area contributed by atoms with Crippen molar-refractivity contribution in [1.29, 1.82) is 0 Å². The molecule has 0 bridgehead atoms. The van der Waals surface area contributed by atoms with Crippen molar-refractivity contribution >= 4 is 34.8 Å². The highest BCUT2D eigenvalue weighted by Crippen LogP contribution is 2.22. The molecule has 0 spiro atoms. The van der Waals surface area contributed by atoms with Gasteiger partial charge < -0.3 is 10.2 Å². The van der Waals surface area contributed by atoms with Crippen LogP contribution in [-0.2, 0) is 11.3 Å². The average molecular weight is 456 g/mol. The van der Waals surface area contributed by atoms with E-state index >= 15 is 0 Å². The summed E-state index contributed by atoms with van der Waals surface area (Å²) in [5.41, 5.74) is 2.65. The number of carbonyl (C=O) groups is 2. The molecule has 166 valence electrons. The summed E-state index contributed by atoms with van der Waals surface area (Å²) in [5, 5.41) is 18.6. The molecule has 0 fully saturated rings. The standard InChI is InChI=1S/C22H22ClN5O4/c1-14-21(28(31)32)15(2)27(25-14)12-16-7-9-17(10-8-16)22(30)26(3)13-20(29)24-19-6-4-5-18(23)11-19/h4-11H,12-13H2,1-3H3,(H,24,29). The number of hydrogen-bond acceptors (Lipinski definition) is 5. The zero-order valence-electron chi connectivity index (χ0n) is 17.8. The minimum Gasteiger partial charge on any atom is -0.332 e. The fourth-order valence-corrected chi connectivity index (χ4v) is 3.50. The molecule has 10 heteroatoms. The van der Waals surface area contributed by atoms with Gasteiger partial charge in [-0.1, -0.05) is 29.8 Å². The molecule has 3 rings (SSSR count). The zero-order chi connectivity index (χ0) is 23.4. The maximum absolute atomic E-state index is 12.7. The normalized spacial score (nSPS) is 10.6. The third kappa shape index (κ3) is 5.30. The van der Waals surface area contributed by atoms with Crippen molar-refractivity contribution in [3.05, 3.63) is 86.2 Å². The Labute approximate surface area is 189 Å². The third-order valence-corrected chi connectivity index (χ3v) is 5.13. The number of amides is 2. The largest absolute Gasteiger partial charge is 0.332 e. The molecular weight excluding hydrogens is 434 g/mol. The lowest BCUT2D eigenvalue weighted by Crippen LogP contribution is -2.34. The van der Waals surface area contributed by atoms with E-state index in [0.29, 0.717) is 34.2 Å². The number of hydrogen-bond donors (Lipinski definition) is 1. The van der Waals surface area contributed by atoms with Gasteiger partial charge in [-0.05, 0) is 49.7 Å². The number of carbonyl (C=O) groups excluding carboxylic acids is 2. The molecule has 32 heavy (non-hydrogen) atoms. The summed E-state index contributed by atoms with van der Waals surface area (Å²) < 4.78 is 1.57. The Balaban J connectivity index is 1.62. The third-order valence-electron chi connectivity index (χ3n) is 4.89. The predicted molar refractivity (Wildman–Crippen MR) is 121 cm³/mol. The second-order valence-electron chi connectivity index (χ2n) is 7.35. The summed E-state index contributed by atoms with van der Waals surface area (Å²) in [6.07, 6.45) is 0. The van der Waals surface area contributed by atoms with Gasteiger partial charge in [0.15, 0.2) is 0 Å². The highest BCUT2D eigenvalue weighted by atomic mass is 35.5. The van der Waals surface area contributed by atoms with Gasteiger partial charge in [0.05, 0.1) is 18.0 Å². The number of rotatable bonds is 7. The quantitative estimate of drug-likeness (QED) is 0.430. The highest BCUT2D eigenvalue weighted by Gasteiger charge is 2.22. The first-order valence-electron chi connectivity index (χ1n) is 9.74. The molecule has 0 unspecified atom stereocenters. The maximum Gasteiger partial charge on any atom is 0.312 e. The summed E-state index contributed by atoms with van der Waals surface area (Å²) >= 11 is 5.91. The lowest BCUT2D eigenvalue weighted by molar-refractivity contribution is -0.386. The Bertz CT molecular complexity index is 1170. The SMILES string of the molecule is Cc1nn(Cc2ccc(C(=O)N(C)CC(=O)Nc3cccc(Cl)c3)cc2)c(C)c1[N+](=O)[O-]. The minimum absolute atomic E-state index is 0.00877. The van der Waals surface area contributed by atoms with Gasteiger partial charge in [0.2, 0.25) is 5.91 Å². The molecule has 0 aliphatic carbocycles. The van der Waals surface area contributed by atoms with Crippen LogP contribution in [0.2, 0.25) is 5.02 Å². The highest BCUT2D eigenvalue weighted by molar-refractivity contribution is 6.30. The first-order valence-corrected chi connectivity index (χ1v) is 10.1. The molecule has 1 N–H and O–H groups in total. The van der Waals surface area contributed by atoms with Gasteiger partial charge in [0, 0.05) is 23.3 Å². The smallest absolute Gasteiger partial charge is 0.312 e. The second-order valence-corrected chi connectivity index (χ2v) is 7.79. The molecule has 2 amide bonds. The Morgan fingerprint density at radius 1 is 1.19 bits per heavy atom. The van der Waals surface area contributed by atoms with Crippen LogP contribution < -0.4 is 5.32 Å². The number of aromatic nitrogens is 2. The fraction of sp³-hybridized carbons (Fsp3) is 0.227. The van der Waals surface area contributed by atoms with Crippen LogP contribution in [0.3, 0.4) is 0 Å². The first-order chi connectivity index (χ1) is 15.2. The van der Waals surface area contributed by atoms with Gasteiger partial charge in [-0.3, -0.25) is 24.4 Å². The Morgan fingerprint density at radius 2 is 1.88 bits per heavy atom. The molecule has 0 saturated carbocycles. The monoisotopic (exact) mass is 455 g/mol. The summed E-state index contributed by atoms with van der Waals surface area (Å²) in [5.74, 6) is -0.648. The van der Waals surface area contributed by atoms with Crippen LogP contribution in [0.4, 0.5) is 11.4 Å². The second kappa shape index (κ2) is 9.61. The summed E-state index contributed by atoms with van der Waals surface area (Å²) in [6, 6.07) is 13.6. The summed E-state index contributed by atoms with van der Waals surface area (Å²) in [6.45, 7) is 3.47. The molecule has 0 atom stereocenters. The van der Waals surface area contributed by atoms with Crippen molar-refractivity contribution in [3.8, 4) is 0 Å². The van der Waals surface area contributed by atoms with E-state index in [1.807, 2.05) is 0 Å². The van der Waals surface area contributed by atoms with Gasteiger partial charge in [0.1, 0.15) is 11.4 Å². The van der Waals surface area contributed by atoms with Crippen LogP contribution in [0.25, 0.3) is 0 Å². The molecule has 1 heterocycles. The number of nitro groups is 1. The minimum atomic E-state index is -0.436. The summed E-state index contributed by atoms with van der Waals surface area (Å²) in [7, 11) is 1.54. The molecule has 1 aromatic heterocycles. The van der Waals surface area contributed by atoms with Gasteiger partial charge in [0.25, 0.3) is 5.91 Å². The molecule has 2 aromatic carbocycles. The van der Waals surface area contributed by atoms with E-state index in [9.17, 15) is 19.7 Å². The average Bonchev–Trinajstić information content (AvgIpc) is 3.00. The Hall–Kier alpha value is -3.72. The van der Waals surface area contributed by atoms with Crippen molar-refractivity contribution in [2.24, 2.45) is 0 Å². The van der Waals surface area contributed by atoms with Crippen LogP contribution in [0.1, 0.15) is 27.3 Å². The lowest BCUT2D eigenvalue weighted by atomic mass is 10.1. The molecule has 0 aliphatic rings. The van der Waals surface area contributed by atoms with Crippen LogP contribution in [-0.4, -0.2) is 45.0 Å². The van der Waals surface area contributed by atoms with Crippen molar-refractivity contribution < 1.29 is 14.5 Å². The maximum atomic E-state index is 12.7. The number of nitrogens with one attached hydrogen (secondary N) is 1. The number of anilines is 1. The van der Waals surface area contributed by atoms with Crippen molar-refractivity contribution in [2.75, 3.05) is 18.9 Å². The van der Waals surface area contributed by atoms with Gasteiger partial charge >= 0.3 is 5.69 Å². The molecule has 9 nitrogen and oxygen atoms in total. The number of aryl methyl sites for hydroxylation is 1. The number of likely N-dealkylation sites (N-methyl/N-ethyl adjacent to an activating group) is 1. The summed E-state index contributed by atoms with van der Waals surface area (Å²) in [4.78, 5) is 36.9. The van der Waals surface area contributed by atoms with E-state index in [0.717, 1.165) is 5.56 Å². The molecule has 0 saturated heterocycles. The van der Waals surface area contributed by atoms with E-state index in [4.69, 9.17) is 11.6 Å². The van der Waals surface area contributed by atoms with Crippen molar-refractivity contribution in [1.82, 2.24) is 14.7 Å². The van der Waals surface area contributed by atoms with E-state index in [-0.39, 0.29) is 24.0 Å². The zero-order valence-corrected chi connectivity index (χ0v) is 18.6. The Morgan fingerprint density at radius 3 is 2.47 bits per heavy atom. The van der Waals surface area contributed by atoms with E-state index in [1.165, 1.54) is 4.90 Å². The molecular formula is C22H22ClN5O4. The van der Waals surface area contributed by atoms with E-state index in [2.05, 4.69) is 10.4 Å². The van der Waals surface area contributed by atoms with Crippen molar-refractivity contribution in [3.63, 3.8) is 0 Å². The van der Waals surface area contributed by atoms with Crippen LogP contribution in [0.15, 0.2) is 48.5 Å². The van der Waals surface area contributed by atoms with Gasteiger partial charge in [-0.2, -0.15) is 5.10 Å². The molecule has 0 aliphatic heterocycles. The van der Waals surface area contributed by atoms with Crippen LogP contribution in [0, 0.1) is 24.0 Å². The van der Waals surface area contributed by atoms with Gasteiger partial charge in [-0.25, -0.2) is 0 Å². The number of benzene rings is 2. The van der Waals surface area contributed by atoms with Crippen LogP contribution >= 0.6 is 11.6 Å². The first kappa shape index (κ1) is 23.0. The fourth-order valence-electron chi connectivity index (χ4n) is 3.31. The molecule has 0 radical (unpaired) electrons. The topological polar surface area (TPSA) is 110 Å². The molecule has 3 aromatic rings. The lowest BCUT2D eigenvalue weighted by Gasteiger charge is -2.17.